The Morgan fingerprint density at radius 1 is 1.45 bits per heavy atom. The van der Waals surface area contributed by atoms with Crippen molar-refractivity contribution in [2.24, 2.45) is 0 Å². The van der Waals surface area contributed by atoms with Crippen molar-refractivity contribution in [3.05, 3.63) is 47.0 Å². The predicted octanol–water partition coefficient (Wildman–Crippen LogP) is 2.71. The number of aromatic nitrogens is 2. The summed E-state index contributed by atoms with van der Waals surface area (Å²) in [4.78, 5) is 13.9. The van der Waals surface area contributed by atoms with Gasteiger partial charge >= 0.3 is 0 Å². The van der Waals surface area contributed by atoms with E-state index in [9.17, 15) is 9.18 Å². The van der Waals surface area contributed by atoms with Crippen molar-refractivity contribution in [1.29, 1.82) is 0 Å². The van der Waals surface area contributed by atoms with Gasteiger partial charge in [-0.1, -0.05) is 6.07 Å². The largest absolute Gasteiger partial charge is 0.494 e. The first-order valence-electron chi connectivity index (χ1n) is 7.21. The predicted molar refractivity (Wildman–Crippen MR) is 79.3 cm³/mol. The normalized spacial score (nSPS) is 14.0. The third kappa shape index (κ3) is 2.95. The Labute approximate surface area is 128 Å². The van der Waals surface area contributed by atoms with Crippen molar-refractivity contribution >= 4 is 5.91 Å². The van der Waals surface area contributed by atoms with Gasteiger partial charge in [-0.15, -0.1) is 0 Å². The second-order valence-electron chi connectivity index (χ2n) is 5.61. The first-order chi connectivity index (χ1) is 10.6. The third-order valence-electron chi connectivity index (χ3n) is 3.82. The molecule has 1 aliphatic rings. The van der Waals surface area contributed by atoms with Crippen molar-refractivity contribution in [1.82, 2.24) is 15.1 Å². The van der Waals surface area contributed by atoms with Crippen LogP contribution in [0.1, 0.15) is 40.5 Å². The number of ether oxygens (including phenoxy) is 1. The van der Waals surface area contributed by atoms with E-state index in [0.717, 1.165) is 18.5 Å². The van der Waals surface area contributed by atoms with Crippen molar-refractivity contribution in [3.8, 4) is 5.75 Å². The summed E-state index contributed by atoms with van der Waals surface area (Å²) in [6.45, 7) is 0.311. The van der Waals surface area contributed by atoms with Gasteiger partial charge in [0.05, 0.1) is 7.11 Å². The monoisotopic (exact) mass is 303 g/mol. The molecule has 1 N–H and O–H groups in total. The quantitative estimate of drug-likeness (QED) is 0.924. The first kappa shape index (κ1) is 14.6. The van der Waals surface area contributed by atoms with E-state index in [1.165, 1.54) is 18.1 Å². The molecular formula is C16H18FN3O2. The molecule has 0 radical (unpaired) electrons. The zero-order valence-corrected chi connectivity index (χ0v) is 12.6. The number of hydrogen-bond donors (Lipinski definition) is 1. The van der Waals surface area contributed by atoms with E-state index in [1.54, 1.807) is 19.2 Å². The van der Waals surface area contributed by atoms with Gasteiger partial charge < -0.3 is 9.64 Å². The smallest absolute Gasteiger partial charge is 0.274 e. The molecule has 0 aliphatic heterocycles. The highest BCUT2D eigenvalue weighted by atomic mass is 19.1. The number of benzene rings is 1. The molecule has 22 heavy (non-hydrogen) atoms. The summed E-state index contributed by atoms with van der Waals surface area (Å²) in [5.41, 5.74) is 2.12. The highest BCUT2D eigenvalue weighted by Gasteiger charge is 2.27. The van der Waals surface area contributed by atoms with E-state index < -0.39 is 5.82 Å². The van der Waals surface area contributed by atoms with Crippen molar-refractivity contribution < 1.29 is 13.9 Å². The summed E-state index contributed by atoms with van der Waals surface area (Å²) in [7, 11) is 3.10. The van der Waals surface area contributed by atoms with E-state index in [-0.39, 0.29) is 11.7 Å². The van der Waals surface area contributed by atoms with Crippen molar-refractivity contribution in [2.75, 3.05) is 14.2 Å². The molecule has 116 valence electrons. The number of nitrogens with zero attached hydrogens (tertiary/aromatic N) is 2. The number of amides is 1. The highest BCUT2D eigenvalue weighted by Crippen LogP contribution is 2.39. The zero-order valence-electron chi connectivity index (χ0n) is 12.6. The van der Waals surface area contributed by atoms with Crippen LogP contribution in [0, 0.1) is 5.82 Å². The molecule has 1 aliphatic carbocycles. The number of nitrogens with one attached hydrogen (secondary N) is 1. The lowest BCUT2D eigenvalue weighted by atomic mass is 10.2. The number of hydrogen-bond acceptors (Lipinski definition) is 3. The Kier molecular flexibility index (Phi) is 3.83. The van der Waals surface area contributed by atoms with Gasteiger partial charge in [0, 0.05) is 25.2 Å². The number of carbonyl (C=O) groups excluding carboxylic acids is 1. The molecule has 6 heteroatoms. The zero-order chi connectivity index (χ0) is 15.7. The van der Waals surface area contributed by atoms with Crippen LogP contribution in [0.3, 0.4) is 0 Å². The molecule has 5 nitrogen and oxygen atoms in total. The van der Waals surface area contributed by atoms with Gasteiger partial charge in [0.1, 0.15) is 5.69 Å². The molecule has 1 aromatic carbocycles. The molecular weight excluding hydrogens is 285 g/mol. The lowest BCUT2D eigenvalue weighted by molar-refractivity contribution is 0.0779. The van der Waals surface area contributed by atoms with Crippen LogP contribution >= 0.6 is 0 Å². The minimum Gasteiger partial charge on any atom is -0.494 e. The maximum atomic E-state index is 13.7. The fourth-order valence-corrected chi connectivity index (χ4v) is 2.40. The summed E-state index contributed by atoms with van der Waals surface area (Å²) in [5, 5.41) is 6.99. The summed E-state index contributed by atoms with van der Waals surface area (Å²) >= 11 is 0. The highest BCUT2D eigenvalue weighted by molar-refractivity contribution is 5.92. The number of methoxy groups -OCH3 is 1. The van der Waals surface area contributed by atoms with Crippen LogP contribution in [0.2, 0.25) is 0 Å². The van der Waals surface area contributed by atoms with Gasteiger partial charge in [-0.05, 0) is 36.6 Å². The van der Waals surface area contributed by atoms with E-state index in [4.69, 9.17) is 4.74 Å². The Hall–Kier alpha value is -2.37. The SMILES string of the molecule is COc1ccc(CN(C)C(=O)c2cc(C3CC3)[nH]n2)cc1F. The second kappa shape index (κ2) is 5.79. The summed E-state index contributed by atoms with van der Waals surface area (Å²) < 4.78 is 18.6. The Morgan fingerprint density at radius 2 is 2.23 bits per heavy atom. The molecule has 0 atom stereocenters. The summed E-state index contributed by atoms with van der Waals surface area (Å²) in [5.74, 6) is 0.102. The topological polar surface area (TPSA) is 58.2 Å². The average molecular weight is 303 g/mol. The minimum absolute atomic E-state index is 0.181. The van der Waals surface area contributed by atoms with Crippen molar-refractivity contribution in [2.45, 2.75) is 25.3 Å². The average Bonchev–Trinajstić information content (AvgIpc) is 3.24. The summed E-state index contributed by atoms with van der Waals surface area (Å²) in [6.07, 6.45) is 2.30. The summed E-state index contributed by atoms with van der Waals surface area (Å²) in [6, 6.07) is 6.49. The molecule has 1 amide bonds. The Morgan fingerprint density at radius 3 is 2.86 bits per heavy atom. The van der Waals surface area contributed by atoms with Crippen LogP contribution in [-0.4, -0.2) is 35.2 Å². The first-order valence-corrected chi connectivity index (χ1v) is 7.21. The fourth-order valence-electron chi connectivity index (χ4n) is 2.40. The van der Waals surface area contributed by atoms with Crippen molar-refractivity contribution in [3.63, 3.8) is 0 Å². The number of carbonyl (C=O) groups is 1. The standard InChI is InChI=1S/C16H18FN3O2/c1-20(9-10-3-6-15(22-2)12(17)7-10)16(21)14-8-13(18-19-14)11-4-5-11/h3,6-8,11H,4-5,9H2,1-2H3,(H,18,19). The van der Waals surface area contributed by atoms with Crippen LogP contribution in [0.25, 0.3) is 0 Å². The molecule has 3 rings (SSSR count). The van der Waals surface area contributed by atoms with Crippen LogP contribution in [0.4, 0.5) is 4.39 Å². The van der Waals surface area contributed by atoms with E-state index in [0.29, 0.717) is 23.7 Å². The van der Waals surface area contributed by atoms with E-state index in [1.807, 2.05) is 6.07 Å². The molecule has 1 saturated carbocycles. The van der Waals surface area contributed by atoms with Crippen LogP contribution in [0.15, 0.2) is 24.3 Å². The molecule has 1 aromatic heterocycles. The van der Waals surface area contributed by atoms with Gasteiger partial charge in [-0.3, -0.25) is 9.89 Å². The third-order valence-corrected chi connectivity index (χ3v) is 3.82. The molecule has 0 unspecified atom stereocenters. The van der Waals surface area contributed by atoms with Crippen LogP contribution < -0.4 is 4.74 Å². The molecule has 1 fully saturated rings. The number of aromatic amines is 1. The van der Waals surface area contributed by atoms with E-state index >= 15 is 0 Å². The van der Waals surface area contributed by atoms with Gasteiger partial charge in [0.2, 0.25) is 0 Å². The minimum atomic E-state index is -0.434. The molecule has 1 heterocycles. The fraction of sp³-hybridized carbons (Fsp3) is 0.375. The number of halogens is 1. The maximum Gasteiger partial charge on any atom is 0.274 e. The van der Waals surface area contributed by atoms with Crippen LogP contribution in [-0.2, 0) is 6.54 Å². The molecule has 0 saturated heterocycles. The Balaban J connectivity index is 1.68. The molecule has 0 spiro atoms. The Bertz CT molecular complexity index is 694. The lowest BCUT2D eigenvalue weighted by Crippen LogP contribution is -2.26. The van der Waals surface area contributed by atoms with E-state index in [2.05, 4.69) is 10.2 Å². The van der Waals surface area contributed by atoms with Gasteiger partial charge in [-0.25, -0.2) is 4.39 Å². The molecule has 0 bridgehead atoms. The van der Waals surface area contributed by atoms with Gasteiger partial charge in [-0.2, -0.15) is 5.10 Å². The van der Waals surface area contributed by atoms with Gasteiger partial charge in [0.15, 0.2) is 11.6 Å². The molecule has 2 aromatic rings. The second-order valence-corrected chi connectivity index (χ2v) is 5.61. The van der Waals surface area contributed by atoms with Gasteiger partial charge in [0.25, 0.3) is 5.91 Å². The number of H-pyrrole nitrogens is 1. The number of rotatable bonds is 5. The lowest BCUT2D eigenvalue weighted by Gasteiger charge is -2.16. The van der Waals surface area contributed by atoms with Crippen LogP contribution in [0.5, 0.6) is 5.75 Å². The maximum absolute atomic E-state index is 13.7.